The normalized spacial score (nSPS) is 11.0. The van der Waals surface area contributed by atoms with E-state index in [1.165, 1.54) is 21.8 Å². The maximum Gasteiger partial charge on any atom is 0.196 e. The van der Waals surface area contributed by atoms with Crippen LogP contribution in [0.15, 0.2) is 51.7 Å². The Morgan fingerprint density at radius 2 is 1.78 bits per heavy atom. The molecule has 0 bridgehead atoms. The SMILES string of the molecule is O=c1cc(CNCc2ccc(I)cc2)oc2ccc(O)c(O)c12. The molecule has 0 amide bonds. The molecule has 0 fully saturated rings. The molecule has 0 radical (unpaired) electrons. The van der Waals surface area contributed by atoms with E-state index in [2.05, 4.69) is 27.9 Å². The van der Waals surface area contributed by atoms with Crippen LogP contribution in [-0.2, 0) is 13.1 Å². The number of fused-ring (bicyclic) bond motifs is 1. The molecule has 3 aromatic rings. The summed E-state index contributed by atoms with van der Waals surface area (Å²) in [5.41, 5.74) is 1.00. The summed E-state index contributed by atoms with van der Waals surface area (Å²) in [4.78, 5) is 12.1. The van der Waals surface area contributed by atoms with Crippen molar-refractivity contribution in [3.8, 4) is 11.5 Å². The van der Waals surface area contributed by atoms with E-state index in [0.29, 0.717) is 18.8 Å². The van der Waals surface area contributed by atoms with Crippen LogP contribution in [0, 0.1) is 3.57 Å². The zero-order chi connectivity index (χ0) is 16.4. The van der Waals surface area contributed by atoms with Gasteiger partial charge in [0.1, 0.15) is 16.7 Å². The fourth-order valence-corrected chi connectivity index (χ4v) is 2.65. The molecule has 0 aliphatic heterocycles. The molecule has 0 saturated carbocycles. The predicted molar refractivity (Wildman–Crippen MR) is 95.5 cm³/mol. The van der Waals surface area contributed by atoms with E-state index in [9.17, 15) is 15.0 Å². The van der Waals surface area contributed by atoms with Crippen molar-refractivity contribution in [1.29, 1.82) is 0 Å². The van der Waals surface area contributed by atoms with Crippen LogP contribution >= 0.6 is 22.6 Å². The molecule has 1 heterocycles. The van der Waals surface area contributed by atoms with Gasteiger partial charge in [-0.3, -0.25) is 4.79 Å². The van der Waals surface area contributed by atoms with Crippen molar-refractivity contribution >= 4 is 33.6 Å². The van der Waals surface area contributed by atoms with Crippen molar-refractivity contribution in [2.45, 2.75) is 13.1 Å². The summed E-state index contributed by atoms with van der Waals surface area (Å²) < 4.78 is 6.78. The molecule has 0 aliphatic rings. The minimum Gasteiger partial charge on any atom is -0.504 e. The fraction of sp³-hybridized carbons (Fsp3) is 0.118. The summed E-state index contributed by atoms with van der Waals surface area (Å²) in [6, 6.07) is 12.2. The van der Waals surface area contributed by atoms with E-state index < -0.39 is 5.75 Å². The monoisotopic (exact) mass is 423 g/mol. The maximum absolute atomic E-state index is 12.1. The first kappa shape index (κ1) is 15.8. The Labute approximate surface area is 145 Å². The molecule has 1 aromatic heterocycles. The third kappa shape index (κ3) is 3.48. The van der Waals surface area contributed by atoms with Crippen LogP contribution in [0.5, 0.6) is 11.5 Å². The summed E-state index contributed by atoms with van der Waals surface area (Å²) in [7, 11) is 0. The maximum atomic E-state index is 12.1. The number of nitrogens with one attached hydrogen (secondary N) is 1. The number of hydrogen-bond donors (Lipinski definition) is 3. The van der Waals surface area contributed by atoms with Crippen molar-refractivity contribution < 1.29 is 14.6 Å². The summed E-state index contributed by atoms with van der Waals surface area (Å²) in [5.74, 6) is -0.317. The highest BCUT2D eigenvalue weighted by atomic mass is 127. The second-order valence-corrected chi connectivity index (χ2v) is 6.36. The smallest absolute Gasteiger partial charge is 0.196 e. The van der Waals surface area contributed by atoms with E-state index in [1.54, 1.807) is 0 Å². The standard InChI is InChI=1S/C17H14INO4/c18-11-3-1-10(2-4-11)8-19-9-12-7-14(21)16-15(23-12)6-5-13(20)17(16)22/h1-7,19-20,22H,8-9H2. The molecule has 3 N–H and O–H groups in total. The highest BCUT2D eigenvalue weighted by Gasteiger charge is 2.12. The number of phenols is 2. The molecule has 2 aromatic carbocycles. The van der Waals surface area contributed by atoms with Crippen molar-refractivity contribution in [2.75, 3.05) is 0 Å². The van der Waals surface area contributed by atoms with E-state index in [-0.39, 0.29) is 22.1 Å². The minimum absolute atomic E-state index is 0.00798. The first-order chi connectivity index (χ1) is 11.0. The minimum atomic E-state index is -0.449. The van der Waals surface area contributed by atoms with Gasteiger partial charge in [-0.15, -0.1) is 0 Å². The van der Waals surface area contributed by atoms with Crippen LogP contribution in [-0.4, -0.2) is 10.2 Å². The zero-order valence-corrected chi connectivity index (χ0v) is 14.2. The van der Waals surface area contributed by atoms with E-state index in [4.69, 9.17) is 4.42 Å². The van der Waals surface area contributed by atoms with Gasteiger partial charge in [0, 0.05) is 16.2 Å². The molecule has 5 nitrogen and oxygen atoms in total. The number of rotatable bonds is 4. The third-order valence-electron chi connectivity index (χ3n) is 3.44. The second-order valence-electron chi connectivity index (χ2n) is 5.11. The van der Waals surface area contributed by atoms with Crippen molar-refractivity contribution in [1.82, 2.24) is 5.32 Å². The van der Waals surface area contributed by atoms with E-state index in [0.717, 1.165) is 5.56 Å². The number of benzene rings is 2. The van der Waals surface area contributed by atoms with Crippen LogP contribution in [0.4, 0.5) is 0 Å². The Hall–Kier alpha value is -2.06. The van der Waals surface area contributed by atoms with Gasteiger partial charge in [-0.05, 0) is 52.4 Å². The molecular formula is C17H14INO4. The molecule has 0 spiro atoms. The fourth-order valence-electron chi connectivity index (χ4n) is 2.29. The lowest BCUT2D eigenvalue weighted by Crippen LogP contribution is -2.14. The average Bonchev–Trinajstić information content (AvgIpc) is 2.53. The molecule has 0 saturated heterocycles. The Morgan fingerprint density at radius 1 is 1.04 bits per heavy atom. The van der Waals surface area contributed by atoms with Gasteiger partial charge in [0.25, 0.3) is 0 Å². The molecule has 0 unspecified atom stereocenters. The predicted octanol–water partition coefficient (Wildman–Crippen LogP) is 3.10. The van der Waals surface area contributed by atoms with Gasteiger partial charge in [-0.25, -0.2) is 0 Å². The van der Waals surface area contributed by atoms with Gasteiger partial charge in [-0.1, -0.05) is 12.1 Å². The average molecular weight is 423 g/mol. The summed E-state index contributed by atoms with van der Waals surface area (Å²) in [6.45, 7) is 1.04. The third-order valence-corrected chi connectivity index (χ3v) is 4.16. The highest BCUT2D eigenvalue weighted by molar-refractivity contribution is 14.1. The van der Waals surface area contributed by atoms with Crippen molar-refractivity contribution in [3.05, 3.63) is 67.6 Å². The lowest BCUT2D eigenvalue weighted by molar-refractivity contribution is 0.406. The van der Waals surface area contributed by atoms with Gasteiger partial charge >= 0.3 is 0 Å². The molecule has 3 rings (SSSR count). The molecular weight excluding hydrogens is 409 g/mol. The Balaban J connectivity index is 1.77. The van der Waals surface area contributed by atoms with Crippen LogP contribution in [0.2, 0.25) is 0 Å². The van der Waals surface area contributed by atoms with E-state index >= 15 is 0 Å². The Kier molecular flexibility index (Phi) is 4.53. The van der Waals surface area contributed by atoms with Gasteiger partial charge in [-0.2, -0.15) is 0 Å². The Bertz CT molecular complexity index is 903. The highest BCUT2D eigenvalue weighted by Crippen LogP contribution is 2.31. The number of aromatic hydroxyl groups is 2. The van der Waals surface area contributed by atoms with E-state index in [1.807, 2.05) is 24.3 Å². The first-order valence-corrected chi connectivity index (χ1v) is 8.05. The second kappa shape index (κ2) is 6.59. The molecule has 0 atom stereocenters. The molecule has 0 aliphatic carbocycles. The first-order valence-electron chi connectivity index (χ1n) is 6.97. The van der Waals surface area contributed by atoms with Gasteiger partial charge in [0.2, 0.25) is 0 Å². The Morgan fingerprint density at radius 3 is 2.52 bits per heavy atom. The van der Waals surface area contributed by atoms with Crippen molar-refractivity contribution in [2.24, 2.45) is 0 Å². The number of halogens is 1. The zero-order valence-electron chi connectivity index (χ0n) is 12.0. The van der Waals surface area contributed by atoms with Gasteiger partial charge in [0.15, 0.2) is 16.9 Å². The summed E-state index contributed by atoms with van der Waals surface area (Å²) in [5, 5.41) is 22.4. The van der Waals surface area contributed by atoms with Crippen LogP contribution in [0.25, 0.3) is 11.0 Å². The van der Waals surface area contributed by atoms with Gasteiger partial charge in [0.05, 0.1) is 6.54 Å². The molecule has 118 valence electrons. The molecule has 23 heavy (non-hydrogen) atoms. The summed E-state index contributed by atoms with van der Waals surface area (Å²) >= 11 is 2.25. The van der Waals surface area contributed by atoms with Crippen LogP contribution in [0.3, 0.4) is 0 Å². The van der Waals surface area contributed by atoms with Crippen molar-refractivity contribution in [3.63, 3.8) is 0 Å². The lowest BCUT2D eigenvalue weighted by atomic mass is 10.2. The quantitative estimate of drug-likeness (QED) is 0.444. The number of hydrogen-bond acceptors (Lipinski definition) is 5. The van der Waals surface area contributed by atoms with Gasteiger partial charge < -0.3 is 19.9 Å². The largest absolute Gasteiger partial charge is 0.504 e. The summed E-state index contributed by atoms with van der Waals surface area (Å²) in [6.07, 6.45) is 0. The van der Waals surface area contributed by atoms with Crippen LogP contribution < -0.4 is 10.7 Å². The number of phenolic OH excluding ortho intramolecular Hbond substituents is 2. The lowest BCUT2D eigenvalue weighted by Gasteiger charge is -2.07. The van der Waals surface area contributed by atoms with Crippen LogP contribution in [0.1, 0.15) is 11.3 Å². The topological polar surface area (TPSA) is 82.7 Å². The molecule has 6 heteroatoms.